The Hall–Kier alpha value is -4.53. The number of hydrogen-bond donors (Lipinski definition) is 1. The summed E-state index contributed by atoms with van der Waals surface area (Å²) in [5.74, 6) is 1.88. The van der Waals surface area contributed by atoms with Gasteiger partial charge in [0.15, 0.2) is 17.5 Å². The van der Waals surface area contributed by atoms with E-state index < -0.39 is 6.04 Å². The molecule has 5 rings (SSSR count). The SMILES string of the molecule is COc1cc(CCN(C(C)=O)C2C(=O)Nc3ccccc3N=C2c2ccc3c(c2)OCO3)cc(OC)c1. The molecule has 2 aliphatic rings. The number of benzene rings is 3. The van der Waals surface area contributed by atoms with E-state index >= 15 is 0 Å². The number of carbonyl (C=O) groups is 2. The number of hydrogen-bond acceptors (Lipinski definition) is 7. The molecule has 0 bridgehead atoms. The predicted molar refractivity (Wildman–Crippen MR) is 138 cm³/mol. The topological polar surface area (TPSA) is 98.7 Å². The molecule has 1 atom stereocenters. The molecule has 0 radical (unpaired) electrons. The smallest absolute Gasteiger partial charge is 0.253 e. The third kappa shape index (κ3) is 4.93. The number of methoxy groups -OCH3 is 2. The van der Waals surface area contributed by atoms with Crippen molar-refractivity contribution >= 4 is 28.9 Å². The molecule has 2 amide bonds. The molecule has 0 fully saturated rings. The van der Waals surface area contributed by atoms with Crippen molar-refractivity contribution in [3.63, 3.8) is 0 Å². The van der Waals surface area contributed by atoms with Crippen LogP contribution in [0, 0.1) is 0 Å². The van der Waals surface area contributed by atoms with E-state index in [-0.39, 0.29) is 25.2 Å². The largest absolute Gasteiger partial charge is 0.497 e. The number of ether oxygens (including phenoxy) is 4. The van der Waals surface area contributed by atoms with Gasteiger partial charge in [-0.1, -0.05) is 12.1 Å². The minimum absolute atomic E-state index is 0.127. The van der Waals surface area contributed by atoms with Crippen molar-refractivity contribution in [1.82, 2.24) is 4.90 Å². The zero-order chi connectivity index (χ0) is 25.9. The molecule has 37 heavy (non-hydrogen) atoms. The zero-order valence-electron chi connectivity index (χ0n) is 20.8. The molecule has 1 N–H and O–H groups in total. The summed E-state index contributed by atoms with van der Waals surface area (Å²) >= 11 is 0. The van der Waals surface area contributed by atoms with Gasteiger partial charge in [-0.2, -0.15) is 0 Å². The van der Waals surface area contributed by atoms with E-state index in [2.05, 4.69) is 5.32 Å². The average Bonchev–Trinajstić information content (AvgIpc) is 3.32. The molecule has 2 aliphatic heterocycles. The fraction of sp³-hybridized carbons (Fsp3) is 0.250. The molecule has 0 spiro atoms. The number of rotatable bonds is 7. The van der Waals surface area contributed by atoms with Gasteiger partial charge in [0.25, 0.3) is 5.91 Å². The molecule has 0 saturated heterocycles. The van der Waals surface area contributed by atoms with Crippen molar-refractivity contribution in [3.05, 3.63) is 71.8 Å². The number of aliphatic imine (C=N–C) groups is 1. The lowest BCUT2D eigenvalue weighted by atomic mass is 9.99. The van der Waals surface area contributed by atoms with Crippen molar-refractivity contribution in [2.45, 2.75) is 19.4 Å². The second-order valence-electron chi connectivity index (χ2n) is 8.66. The van der Waals surface area contributed by atoms with Gasteiger partial charge in [-0.25, -0.2) is 4.99 Å². The summed E-state index contributed by atoms with van der Waals surface area (Å²) in [6, 6.07) is 17.3. The lowest BCUT2D eigenvalue weighted by molar-refractivity contribution is -0.134. The first-order valence-electron chi connectivity index (χ1n) is 11.8. The number of anilines is 1. The van der Waals surface area contributed by atoms with Crippen molar-refractivity contribution < 1.29 is 28.5 Å². The van der Waals surface area contributed by atoms with Crippen molar-refractivity contribution in [2.75, 3.05) is 32.9 Å². The number of fused-ring (bicyclic) bond motifs is 2. The van der Waals surface area contributed by atoms with Gasteiger partial charge in [0.2, 0.25) is 12.7 Å². The highest BCUT2D eigenvalue weighted by Gasteiger charge is 2.36. The van der Waals surface area contributed by atoms with E-state index in [1.54, 1.807) is 38.5 Å². The summed E-state index contributed by atoms with van der Waals surface area (Å²) in [6.45, 7) is 1.85. The highest BCUT2D eigenvalue weighted by atomic mass is 16.7. The lowest BCUT2D eigenvalue weighted by Crippen LogP contribution is -2.51. The monoisotopic (exact) mass is 501 g/mol. The Labute approximate surface area is 214 Å². The minimum atomic E-state index is -0.974. The van der Waals surface area contributed by atoms with Gasteiger partial charge >= 0.3 is 0 Å². The van der Waals surface area contributed by atoms with Crippen LogP contribution >= 0.6 is 0 Å². The summed E-state index contributed by atoms with van der Waals surface area (Å²) in [5.41, 5.74) is 3.19. The third-order valence-electron chi connectivity index (χ3n) is 6.35. The standard InChI is InChI=1S/C28H27N3O6/c1-17(32)31(11-10-18-12-20(34-2)15-21(13-18)35-3)27-26(19-8-9-24-25(14-19)37-16-36-24)29-22-6-4-5-7-23(22)30-28(27)33/h4-9,12-15,27H,10-11,16H2,1-3H3,(H,30,33). The normalized spacial score (nSPS) is 15.7. The Kier molecular flexibility index (Phi) is 6.68. The first kappa shape index (κ1) is 24.2. The van der Waals surface area contributed by atoms with Gasteiger partial charge in [0, 0.05) is 25.1 Å². The summed E-state index contributed by atoms with van der Waals surface area (Å²) in [6.07, 6.45) is 0.471. The lowest BCUT2D eigenvalue weighted by Gasteiger charge is -2.30. The van der Waals surface area contributed by atoms with E-state index in [0.717, 1.165) is 5.56 Å². The van der Waals surface area contributed by atoms with Crippen LogP contribution in [0.2, 0.25) is 0 Å². The van der Waals surface area contributed by atoms with Crippen LogP contribution in [0.4, 0.5) is 11.4 Å². The zero-order valence-corrected chi connectivity index (χ0v) is 20.8. The van der Waals surface area contributed by atoms with Gasteiger partial charge in [0.1, 0.15) is 11.5 Å². The van der Waals surface area contributed by atoms with Crippen LogP contribution in [0.3, 0.4) is 0 Å². The summed E-state index contributed by atoms with van der Waals surface area (Å²) in [5, 5.41) is 2.95. The fourth-order valence-electron chi connectivity index (χ4n) is 4.49. The highest BCUT2D eigenvalue weighted by molar-refractivity contribution is 6.23. The summed E-state index contributed by atoms with van der Waals surface area (Å²) in [7, 11) is 3.17. The number of nitrogens with zero attached hydrogens (tertiary/aromatic N) is 2. The molecule has 9 nitrogen and oxygen atoms in total. The Balaban J connectivity index is 1.54. The maximum absolute atomic E-state index is 13.7. The first-order chi connectivity index (χ1) is 18.0. The van der Waals surface area contributed by atoms with Gasteiger partial charge in [-0.3, -0.25) is 9.59 Å². The van der Waals surface area contributed by atoms with Crippen molar-refractivity contribution in [3.8, 4) is 23.0 Å². The van der Waals surface area contributed by atoms with Crippen LogP contribution in [0.1, 0.15) is 18.1 Å². The summed E-state index contributed by atoms with van der Waals surface area (Å²) < 4.78 is 21.8. The molecular formula is C28H27N3O6. The van der Waals surface area contributed by atoms with Gasteiger partial charge < -0.3 is 29.2 Å². The number of amides is 2. The van der Waals surface area contributed by atoms with Crippen LogP contribution < -0.4 is 24.3 Å². The van der Waals surface area contributed by atoms with E-state index in [1.807, 2.05) is 36.4 Å². The van der Waals surface area contributed by atoms with Gasteiger partial charge in [-0.15, -0.1) is 0 Å². The van der Waals surface area contributed by atoms with Crippen LogP contribution in [-0.4, -0.2) is 56.0 Å². The molecule has 0 aliphatic carbocycles. The predicted octanol–water partition coefficient (Wildman–Crippen LogP) is 3.97. The molecule has 0 aromatic heterocycles. The fourth-order valence-corrected chi connectivity index (χ4v) is 4.49. The first-order valence-corrected chi connectivity index (χ1v) is 11.8. The highest BCUT2D eigenvalue weighted by Crippen LogP contribution is 2.35. The molecule has 0 saturated carbocycles. The number of nitrogens with one attached hydrogen (secondary N) is 1. The number of carbonyl (C=O) groups excluding carboxylic acids is 2. The average molecular weight is 502 g/mol. The van der Waals surface area contributed by atoms with E-state index in [1.165, 1.54) is 11.8 Å². The Morgan fingerprint density at radius 1 is 1.03 bits per heavy atom. The molecule has 3 aromatic rings. The summed E-state index contributed by atoms with van der Waals surface area (Å²) in [4.78, 5) is 33.1. The molecule has 2 heterocycles. The number of para-hydroxylation sites is 2. The van der Waals surface area contributed by atoms with Crippen LogP contribution in [0.15, 0.2) is 65.7 Å². The van der Waals surface area contributed by atoms with Crippen molar-refractivity contribution in [1.29, 1.82) is 0 Å². The maximum atomic E-state index is 13.7. The van der Waals surface area contributed by atoms with Gasteiger partial charge in [-0.05, 0) is 54.4 Å². The van der Waals surface area contributed by atoms with Crippen LogP contribution in [0.5, 0.6) is 23.0 Å². The second kappa shape index (κ2) is 10.2. The third-order valence-corrected chi connectivity index (χ3v) is 6.35. The van der Waals surface area contributed by atoms with Gasteiger partial charge in [0.05, 0.1) is 31.3 Å². The Morgan fingerprint density at radius 3 is 2.49 bits per heavy atom. The molecule has 1 unspecified atom stereocenters. The molecule has 3 aromatic carbocycles. The van der Waals surface area contributed by atoms with Crippen LogP contribution in [0.25, 0.3) is 0 Å². The van der Waals surface area contributed by atoms with E-state index in [0.29, 0.717) is 52.1 Å². The molecule has 190 valence electrons. The van der Waals surface area contributed by atoms with E-state index in [9.17, 15) is 9.59 Å². The Morgan fingerprint density at radius 2 is 1.76 bits per heavy atom. The molecular weight excluding hydrogens is 474 g/mol. The van der Waals surface area contributed by atoms with Crippen LogP contribution in [-0.2, 0) is 16.0 Å². The second-order valence-corrected chi connectivity index (χ2v) is 8.66. The maximum Gasteiger partial charge on any atom is 0.253 e. The van der Waals surface area contributed by atoms with Crippen molar-refractivity contribution in [2.24, 2.45) is 4.99 Å². The molecule has 9 heteroatoms. The Bertz CT molecular complexity index is 1360. The quantitative estimate of drug-likeness (QED) is 0.526. The van der Waals surface area contributed by atoms with E-state index in [4.69, 9.17) is 23.9 Å². The minimum Gasteiger partial charge on any atom is -0.497 e.